The van der Waals surface area contributed by atoms with E-state index in [0.29, 0.717) is 18.0 Å². The molecule has 0 aliphatic carbocycles. The Kier molecular flexibility index (Phi) is 4.40. The van der Waals surface area contributed by atoms with Crippen molar-refractivity contribution in [3.8, 4) is 0 Å². The molecular weight excluding hydrogens is 224 g/mol. The summed E-state index contributed by atoms with van der Waals surface area (Å²) in [6.45, 7) is 13.4. The van der Waals surface area contributed by atoms with Gasteiger partial charge in [-0.25, -0.2) is 4.98 Å². The summed E-state index contributed by atoms with van der Waals surface area (Å²) in [7, 11) is 0. The molecule has 0 radical (unpaired) electrons. The highest BCUT2D eigenvalue weighted by Gasteiger charge is 2.27. The first-order chi connectivity index (χ1) is 8.58. The second-order valence-corrected chi connectivity index (χ2v) is 5.78. The first-order valence-electron chi connectivity index (χ1n) is 7.03. The average Bonchev–Trinajstić information content (AvgIpc) is 2.72. The minimum atomic E-state index is 0.601. The van der Waals surface area contributed by atoms with E-state index in [1.54, 1.807) is 0 Å². The zero-order valence-corrected chi connectivity index (χ0v) is 12.1. The summed E-state index contributed by atoms with van der Waals surface area (Å²) in [5, 5.41) is 3.59. The lowest BCUT2D eigenvalue weighted by Crippen LogP contribution is -2.57. The molecule has 0 saturated carbocycles. The van der Waals surface area contributed by atoms with E-state index in [1.807, 2.05) is 6.20 Å². The molecule has 1 aliphatic heterocycles. The fourth-order valence-corrected chi connectivity index (χ4v) is 2.79. The molecule has 102 valence electrons. The van der Waals surface area contributed by atoms with Gasteiger partial charge in [-0.3, -0.25) is 4.90 Å². The smallest absolute Gasteiger partial charge is 0.105 e. The molecule has 0 spiro atoms. The van der Waals surface area contributed by atoms with E-state index in [4.69, 9.17) is 0 Å². The lowest BCUT2D eigenvalue weighted by Gasteiger charge is -2.41. The van der Waals surface area contributed by atoms with Crippen molar-refractivity contribution in [3.63, 3.8) is 0 Å². The number of imidazole rings is 1. The SMILES string of the molecule is Cc1nccn1CCN1CC(C)NCC1C(C)C. The van der Waals surface area contributed by atoms with Crippen LogP contribution in [0.3, 0.4) is 0 Å². The van der Waals surface area contributed by atoms with Crippen LogP contribution in [-0.2, 0) is 6.54 Å². The van der Waals surface area contributed by atoms with Gasteiger partial charge in [0.05, 0.1) is 0 Å². The molecule has 1 aliphatic rings. The van der Waals surface area contributed by atoms with E-state index in [9.17, 15) is 0 Å². The Bertz CT molecular complexity index is 372. The highest BCUT2D eigenvalue weighted by atomic mass is 15.2. The van der Waals surface area contributed by atoms with Crippen molar-refractivity contribution in [1.82, 2.24) is 19.8 Å². The van der Waals surface area contributed by atoms with Gasteiger partial charge in [0.1, 0.15) is 5.82 Å². The van der Waals surface area contributed by atoms with Crippen molar-refractivity contribution >= 4 is 0 Å². The van der Waals surface area contributed by atoms with E-state index in [2.05, 4.69) is 53.7 Å². The Morgan fingerprint density at radius 1 is 1.44 bits per heavy atom. The van der Waals surface area contributed by atoms with Crippen molar-refractivity contribution in [2.45, 2.75) is 46.3 Å². The lowest BCUT2D eigenvalue weighted by molar-refractivity contribution is 0.0988. The van der Waals surface area contributed by atoms with Crippen molar-refractivity contribution in [1.29, 1.82) is 0 Å². The van der Waals surface area contributed by atoms with Crippen molar-refractivity contribution in [3.05, 3.63) is 18.2 Å². The Morgan fingerprint density at radius 2 is 2.22 bits per heavy atom. The van der Waals surface area contributed by atoms with Crippen molar-refractivity contribution in [2.75, 3.05) is 19.6 Å². The molecule has 2 unspecified atom stereocenters. The maximum absolute atomic E-state index is 4.28. The summed E-state index contributed by atoms with van der Waals surface area (Å²) in [6.07, 6.45) is 3.96. The van der Waals surface area contributed by atoms with Gasteiger partial charge >= 0.3 is 0 Å². The summed E-state index contributed by atoms with van der Waals surface area (Å²) in [5.41, 5.74) is 0. The van der Waals surface area contributed by atoms with Crippen LogP contribution >= 0.6 is 0 Å². The molecule has 1 aromatic heterocycles. The predicted octanol–water partition coefficient (Wildman–Crippen LogP) is 1.51. The summed E-state index contributed by atoms with van der Waals surface area (Å²) in [5.74, 6) is 1.81. The number of aromatic nitrogens is 2. The molecule has 0 bridgehead atoms. The van der Waals surface area contributed by atoms with Crippen LogP contribution in [0.4, 0.5) is 0 Å². The second-order valence-electron chi connectivity index (χ2n) is 5.78. The summed E-state index contributed by atoms with van der Waals surface area (Å²) in [4.78, 5) is 6.91. The molecule has 4 heteroatoms. The third kappa shape index (κ3) is 3.12. The maximum Gasteiger partial charge on any atom is 0.105 e. The van der Waals surface area contributed by atoms with Crippen LogP contribution in [0.5, 0.6) is 0 Å². The molecule has 4 nitrogen and oxygen atoms in total. The summed E-state index contributed by atoms with van der Waals surface area (Å²) < 4.78 is 2.24. The Labute approximate surface area is 110 Å². The van der Waals surface area contributed by atoms with Crippen LogP contribution in [0, 0.1) is 12.8 Å². The van der Waals surface area contributed by atoms with Gasteiger partial charge in [-0.2, -0.15) is 0 Å². The minimum Gasteiger partial charge on any atom is -0.334 e. The molecule has 2 heterocycles. The third-order valence-electron chi connectivity index (χ3n) is 3.97. The van der Waals surface area contributed by atoms with Crippen molar-refractivity contribution in [2.24, 2.45) is 5.92 Å². The van der Waals surface area contributed by atoms with Gasteiger partial charge < -0.3 is 9.88 Å². The molecule has 1 fully saturated rings. The molecule has 1 N–H and O–H groups in total. The molecular formula is C14H26N4. The largest absolute Gasteiger partial charge is 0.334 e. The fourth-order valence-electron chi connectivity index (χ4n) is 2.79. The minimum absolute atomic E-state index is 0.601. The third-order valence-corrected chi connectivity index (χ3v) is 3.97. The van der Waals surface area contributed by atoms with E-state index in [0.717, 1.165) is 32.0 Å². The van der Waals surface area contributed by atoms with E-state index in [1.165, 1.54) is 0 Å². The number of nitrogens with one attached hydrogen (secondary N) is 1. The monoisotopic (exact) mass is 250 g/mol. The molecule has 1 saturated heterocycles. The van der Waals surface area contributed by atoms with Gasteiger partial charge in [0.15, 0.2) is 0 Å². The van der Waals surface area contributed by atoms with Crippen LogP contribution in [0.2, 0.25) is 0 Å². The van der Waals surface area contributed by atoms with E-state index in [-0.39, 0.29) is 0 Å². The highest BCUT2D eigenvalue weighted by Crippen LogP contribution is 2.15. The van der Waals surface area contributed by atoms with Crippen LogP contribution in [0.15, 0.2) is 12.4 Å². The van der Waals surface area contributed by atoms with Crippen LogP contribution < -0.4 is 5.32 Å². The van der Waals surface area contributed by atoms with E-state index < -0.39 is 0 Å². The van der Waals surface area contributed by atoms with Gasteiger partial charge in [0.25, 0.3) is 0 Å². The molecule has 18 heavy (non-hydrogen) atoms. The van der Waals surface area contributed by atoms with Crippen LogP contribution in [0.25, 0.3) is 0 Å². The average molecular weight is 250 g/mol. The molecule has 0 amide bonds. The number of rotatable bonds is 4. The second kappa shape index (κ2) is 5.85. The van der Waals surface area contributed by atoms with Gasteiger partial charge in [0.2, 0.25) is 0 Å². The number of aryl methyl sites for hydroxylation is 1. The van der Waals surface area contributed by atoms with Gasteiger partial charge in [-0.05, 0) is 19.8 Å². The van der Waals surface area contributed by atoms with E-state index >= 15 is 0 Å². The topological polar surface area (TPSA) is 33.1 Å². The quantitative estimate of drug-likeness (QED) is 0.879. The fraction of sp³-hybridized carbons (Fsp3) is 0.786. The van der Waals surface area contributed by atoms with Gasteiger partial charge in [-0.15, -0.1) is 0 Å². The number of piperazine rings is 1. The van der Waals surface area contributed by atoms with Gasteiger partial charge in [0, 0.05) is 50.7 Å². The Morgan fingerprint density at radius 3 is 2.83 bits per heavy atom. The lowest BCUT2D eigenvalue weighted by atomic mass is 9.99. The maximum atomic E-state index is 4.28. The first kappa shape index (κ1) is 13.6. The van der Waals surface area contributed by atoms with Crippen LogP contribution in [0.1, 0.15) is 26.6 Å². The molecule has 0 aromatic carbocycles. The predicted molar refractivity (Wildman–Crippen MR) is 74.6 cm³/mol. The normalized spacial score (nSPS) is 25.8. The summed E-state index contributed by atoms with van der Waals surface area (Å²) in [6, 6.07) is 1.26. The van der Waals surface area contributed by atoms with Gasteiger partial charge in [-0.1, -0.05) is 13.8 Å². The first-order valence-corrected chi connectivity index (χ1v) is 7.03. The zero-order chi connectivity index (χ0) is 13.1. The summed E-state index contributed by atoms with van der Waals surface area (Å²) >= 11 is 0. The molecule has 2 atom stereocenters. The Balaban J connectivity index is 1.94. The zero-order valence-electron chi connectivity index (χ0n) is 12.1. The number of hydrogen-bond donors (Lipinski definition) is 1. The standard InChI is InChI=1S/C14H26N4/c1-11(2)14-9-16-12(3)10-18(14)8-7-17-6-5-15-13(17)4/h5-6,11-12,14,16H,7-10H2,1-4H3. The van der Waals surface area contributed by atoms with Crippen LogP contribution in [-0.4, -0.2) is 46.2 Å². The Hall–Kier alpha value is -0.870. The number of hydrogen-bond acceptors (Lipinski definition) is 3. The number of nitrogens with zero attached hydrogens (tertiary/aromatic N) is 3. The highest BCUT2D eigenvalue weighted by molar-refractivity contribution is 4.90. The molecule has 1 aromatic rings. The van der Waals surface area contributed by atoms with Crippen molar-refractivity contribution < 1.29 is 0 Å². The molecule has 2 rings (SSSR count).